The summed E-state index contributed by atoms with van der Waals surface area (Å²) < 4.78 is 0. The molecule has 0 saturated heterocycles. The second kappa shape index (κ2) is 7.43. The third-order valence-corrected chi connectivity index (χ3v) is 3.83. The molecule has 0 spiro atoms. The van der Waals surface area contributed by atoms with Crippen LogP contribution in [0.2, 0.25) is 0 Å². The van der Waals surface area contributed by atoms with Crippen molar-refractivity contribution in [1.82, 2.24) is 10.2 Å². The van der Waals surface area contributed by atoms with Gasteiger partial charge >= 0.3 is 0 Å². The quantitative estimate of drug-likeness (QED) is 0.877. The number of carbonyl (C=O) groups excluding carboxylic acids is 2. The number of amides is 2. The van der Waals surface area contributed by atoms with Crippen molar-refractivity contribution in [2.45, 2.75) is 40.7 Å². The molecule has 1 rings (SSSR count). The number of hydrogen-bond acceptors (Lipinski definition) is 3. The molecule has 0 aliphatic heterocycles. The third kappa shape index (κ3) is 5.33. The van der Waals surface area contributed by atoms with E-state index in [1.807, 2.05) is 50.1 Å². The molecule has 1 heterocycles. The zero-order valence-corrected chi connectivity index (χ0v) is 13.5. The molecular weight excluding hydrogens is 272 g/mol. The fourth-order valence-corrected chi connectivity index (χ4v) is 2.39. The van der Waals surface area contributed by atoms with Crippen LogP contribution in [0.1, 0.15) is 39.0 Å². The fraction of sp³-hybridized carbons (Fsp3) is 0.600. The zero-order valence-electron chi connectivity index (χ0n) is 12.7. The van der Waals surface area contributed by atoms with E-state index < -0.39 is 5.41 Å². The summed E-state index contributed by atoms with van der Waals surface area (Å²) in [7, 11) is 0. The lowest BCUT2D eigenvalue weighted by Crippen LogP contribution is -2.38. The average Bonchev–Trinajstić information content (AvgIpc) is 2.87. The second-order valence-corrected chi connectivity index (χ2v) is 6.78. The number of nitrogens with one attached hydrogen (secondary N) is 1. The van der Waals surface area contributed by atoms with E-state index >= 15 is 0 Å². The van der Waals surface area contributed by atoms with Crippen LogP contribution in [0.5, 0.6) is 0 Å². The van der Waals surface area contributed by atoms with E-state index in [0.29, 0.717) is 26.1 Å². The molecule has 0 bridgehead atoms. The number of nitrogens with zero attached hydrogens (tertiary/aromatic N) is 1. The van der Waals surface area contributed by atoms with E-state index in [1.165, 1.54) is 4.88 Å². The van der Waals surface area contributed by atoms with Gasteiger partial charge in [-0.25, -0.2) is 0 Å². The Kier molecular flexibility index (Phi) is 6.20. The van der Waals surface area contributed by atoms with Crippen LogP contribution in [-0.2, 0) is 16.1 Å². The van der Waals surface area contributed by atoms with Crippen molar-refractivity contribution >= 4 is 23.2 Å². The molecular formula is C15H24N2O2S. The first kappa shape index (κ1) is 16.7. The summed E-state index contributed by atoms with van der Waals surface area (Å²) in [6.07, 6.45) is 0.348. The van der Waals surface area contributed by atoms with Gasteiger partial charge < -0.3 is 10.2 Å². The van der Waals surface area contributed by atoms with Crippen molar-refractivity contribution in [2.24, 2.45) is 5.41 Å². The van der Waals surface area contributed by atoms with Crippen molar-refractivity contribution in [3.63, 3.8) is 0 Å². The van der Waals surface area contributed by atoms with Crippen LogP contribution in [0.15, 0.2) is 17.5 Å². The van der Waals surface area contributed by atoms with E-state index in [9.17, 15) is 9.59 Å². The van der Waals surface area contributed by atoms with Gasteiger partial charge in [-0.2, -0.15) is 0 Å². The highest BCUT2D eigenvalue weighted by Gasteiger charge is 2.21. The monoisotopic (exact) mass is 296 g/mol. The predicted octanol–water partition coefficient (Wildman–Crippen LogP) is 2.65. The van der Waals surface area contributed by atoms with Crippen LogP contribution in [0.4, 0.5) is 0 Å². The van der Waals surface area contributed by atoms with Gasteiger partial charge in [0.15, 0.2) is 0 Å². The summed E-state index contributed by atoms with van der Waals surface area (Å²) in [5.74, 6) is 0.0571. The highest BCUT2D eigenvalue weighted by Crippen LogP contribution is 2.13. The minimum atomic E-state index is -0.412. The van der Waals surface area contributed by atoms with E-state index in [1.54, 1.807) is 11.3 Å². The maximum atomic E-state index is 12.1. The minimum Gasteiger partial charge on any atom is -0.355 e. The van der Waals surface area contributed by atoms with E-state index in [0.717, 1.165) is 0 Å². The van der Waals surface area contributed by atoms with Crippen LogP contribution in [-0.4, -0.2) is 29.8 Å². The van der Waals surface area contributed by atoms with Gasteiger partial charge in [0.2, 0.25) is 11.8 Å². The topological polar surface area (TPSA) is 49.4 Å². The summed E-state index contributed by atoms with van der Waals surface area (Å²) in [5.41, 5.74) is -0.412. The fourth-order valence-electron chi connectivity index (χ4n) is 1.67. The molecule has 4 nitrogen and oxygen atoms in total. The first-order valence-electron chi connectivity index (χ1n) is 6.93. The number of rotatable bonds is 6. The molecule has 5 heteroatoms. The zero-order chi connectivity index (χ0) is 15.2. The normalized spacial score (nSPS) is 11.2. The van der Waals surface area contributed by atoms with Crippen molar-refractivity contribution in [3.05, 3.63) is 22.4 Å². The van der Waals surface area contributed by atoms with E-state index in [4.69, 9.17) is 0 Å². The van der Waals surface area contributed by atoms with Crippen LogP contribution < -0.4 is 5.32 Å². The molecule has 0 fully saturated rings. The maximum absolute atomic E-state index is 12.1. The molecule has 0 aliphatic carbocycles. The number of carbonyl (C=O) groups is 2. The van der Waals surface area contributed by atoms with Gasteiger partial charge in [-0.05, 0) is 18.4 Å². The average molecular weight is 296 g/mol. The summed E-state index contributed by atoms with van der Waals surface area (Å²) in [4.78, 5) is 26.8. The van der Waals surface area contributed by atoms with Crippen molar-refractivity contribution in [1.29, 1.82) is 0 Å². The Hall–Kier alpha value is -1.36. The van der Waals surface area contributed by atoms with Crippen LogP contribution in [0, 0.1) is 5.41 Å². The molecule has 0 saturated carbocycles. The lowest BCUT2D eigenvalue weighted by atomic mass is 9.96. The number of hydrogen-bond donors (Lipinski definition) is 1. The van der Waals surface area contributed by atoms with Crippen LogP contribution in [0.3, 0.4) is 0 Å². The summed E-state index contributed by atoms with van der Waals surface area (Å²) >= 11 is 1.65. The van der Waals surface area contributed by atoms with Gasteiger partial charge in [-0.15, -0.1) is 11.3 Å². The molecule has 1 aromatic heterocycles. The Morgan fingerprint density at radius 3 is 2.55 bits per heavy atom. The first-order valence-corrected chi connectivity index (χ1v) is 7.81. The molecule has 0 atom stereocenters. The molecule has 2 amide bonds. The van der Waals surface area contributed by atoms with Gasteiger partial charge in [0.1, 0.15) is 0 Å². The molecule has 1 N–H and O–H groups in total. The Morgan fingerprint density at radius 2 is 2.05 bits per heavy atom. The predicted molar refractivity (Wildman–Crippen MR) is 82.5 cm³/mol. The molecule has 0 aromatic carbocycles. The lowest BCUT2D eigenvalue weighted by Gasteiger charge is -2.21. The van der Waals surface area contributed by atoms with Crippen LogP contribution >= 0.6 is 11.3 Å². The lowest BCUT2D eigenvalue weighted by molar-refractivity contribution is -0.132. The molecule has 0 radical (unpaired) electrons. The van der Waals surface area contributed by atoms with Gasteiger partial charge in [0, 0.05) is 29.8 Å². The number of thiophene rings is 1. The molecule has 0 unspecified atom stereocenters. The first-order chi connectivity index (χ1) is 9.34. The van der Waals surface area contributed by atoms with Gasteiger partial charge in [-0.3, -0.25) is 9.59 Å². The highest BCUT2D eigenvalue weighted by molar-refractivity contribution is 7.09. The molecule has 20 heavy (non-hydrogen) atoms. The van der Waals surface area contributed by atoms with Gasteiger partial charge in [0.25, 0.3) is 0 Å². The Labute approximate surface area is 125 Å². The largest absolute Gasteiger partial charge is 0.355 e. The minimum absolute atomic E-state index is 0.0217. The summed E-state index contributed by atoms with van der Waals surface area (Å²) in [5, 5.41) is 4.82. The third-order valence-electron chi connectivity index (χ3n) is 2.97. The molecule has 0 aliphatic rings. The summed E-state index contributed by atoms with van der Waals surface area (Å²) in [6.45, 7) is 9.29. The van der Waals surface area contributed by atoms with Gasteiger partial charge in [-0.1, -0.05) is 26.8 Å². The van der Waals surface area contributed by atoms with E-state index in [2.05, 4.69) is 5.32 Å². The molecule has 1 aromatic rings. The van der Waals surface area contributed by atoms with Gasteiger partial charge in [0.05, 0.1) is 6.54 Å². The second-order valence-electron chi connectivity index (χ2n) is 5.74. The van der Waals surface area contributed by atoms with E-state index in [-0.39, 0.29) is 11.8 Å². The van der Waals surface area contributed by atoms with Crippen molar-refractivity contribution < 1.29 is 9.59 Å². The smallest absolute Gasteiger partial charge is 0.225 e. The SMILES string of the molecule is CCN(Cc1cccs1)C(=O)CCNC(=O)C(C)(C)C. The summed E-state index contributed by atoms with van der Waals surface area (Å²) in [6, 6.07) is 4.02. The van der Waals surface area contributed by atoms with Crippen LogP contribution in [0.25, 0.3) is 0 Å². The Morgan fingerprint density at radius 1 is 1.35 bits per heavy atom. The standard InChI is InChI=1S/C15H24N2O2S/c1-5-17(11-12-7-6-10-20-12)13(18)8-9-16-14(19)15(2,3)4/h6-7,10H,5,8-9,11H2,1-4H3,(H,16,19). The molecule has 112 valence electrons. The highest BCUT2D eigenvalue weighted by atomic mass is 32.1. The maximum Gasteiger partial charge on any atom is 0.225 e. The van der Waals surface area contributed by atoms with Crippen molar-refractivity contribution in [2.75, 3.05) is 13.1 Å². The Balaban J connectivity index is 2.38. The van der Waals surface area contributed by atoms with Crippen molar-refractivity contribution in [3.8, 4) is 0 Å². The Bertz CT molecular complexity index is 435.